The number of hydrogen-bond acceptors (Lipinski definition) is 3. The van der Waals surface area contributed by atoms with Crippen molar-refractivity contribution in [1.29, 1.82) is 0 Å². The molecule has 5 nitrogen and oxygen atoms in total. The average molecular weight is 660 g/mol. The smallest absolute Gasteiger partial charge is 0.335 e. The molecule has 232 valence electrons. The molecule has 10 heteroatoms. The van der Waals surface area contributed by atoms with Crippen molar-refractivity contribution in [2.24, 2.45) is 0 Å². The number of benzene rings is 5. The Morgan fingerprint density at radius 2 is 1.46 bits per heavy atom. The summed E-state index contributed by atoms with van der Waals surface area (Å²) in [4.78, 5) is 11.3. The Hall–Kier alpha value is -4.86. The minimum absolute atomic E-state index is 0.00771. The van der Waals surface area contributed by atoms with Crippen LogP contribution in [-0.4, -0.2) is 23.5 Å². The van der Waals surface area contributed by atoms with Crippen LogP contribution in [0.4, 0.5) is 13.2 Å². The largest absolute Gasteiger partial charge is 0.478 e. The van der Waals surface area contributed by atoms with Crippen LogP contribution in [0.15, 0.2) is 108 Å². The van der Waals surface area contributed by atoms with E-state index in [1.165, 1.54) is 30.3 Å². The van der Waals surface area contributed by atoms with E-state index in [2.05, 4.69) is 0 Å². The summed E-state index contributed by atoms with van der Waals surface area (Å²) in [5.74, 6) is -1.70. The normalized spacial score (nSPS) is 11.8. The van der Waals surface area contributed by atoms with Gasteiger partial charge in [0.15, 0.2) is 0 Å². The molecular formula is C36H25ClF3NO4S. The molecule has 0 aliphatic rings. The van der Waals surface area contributed by atoms with Crippen molar-refractivity contribution in [3.05, 3.63) is 136 Å². The number of carboxylic acids is 1. The molecule has 0 unspecified atom stereocenters. The molecule has 1 heterocycles. The summed E-state index contributed by atoms with van der Waals surface area (Å²) in [5.41, 5.74) is 4.48. The van der Waals surface area contributed by atoms with Gasteiger partial charge in [-0.25, -0.2) is 30.4 Å². The van der Waals surface area contributed by atoms with E-state index in [0.29, 0.717) is 33.2 Å². The average Bonchev–Trinajstić information content (AvgIpc) is 3.35. The van der Waals surface area contributed by atoms with Crippen molar-refractivity contribution < 1.29 is 31.5 Å². The van der Waals surface area contributed by atoms with Crippen molar-refractivity contribution in [3.8, 4) is 33.5 Å². The van der Waals surface area contributed by atoms with Gasteiger partial charge in [0.2, 0.25) is 0 Å². The number of aromatic carboxylic acids is 1. The SMILES string of the molecule is Cc1cccc(C)c1-c1c(-c2cccc(-c3ccc(C(=O)O)cc3Cl)c2)n(S(=O)(=O)c2ccc(C(F)F)cc2)c2ccc(F)cc12. The molecule has 0 aliphatic carbocycles. The Morgan fingerprint density at radius 1 is 0.804 bits per heavy atom. The quantitative estimate of drug-likeness (QED) is 0.185. The number of aromatic nitrogens is 1. The Morgan fingerprint density at radius 3 is 2.09 bits per heavy atom. The molecule has 0 saturated carbocycles. The second kappa shape index (κ2) is 11.8. The first-order valence-electron chi connectivity index (χ1n) is 14.1. The summed E-state index contributed by atoms with van der Waals surface area (Å²) < 4.78 is 71.9. The van der Waals surface area contributed by atoms with Crippen LogP contribution in [0.1, 0.15) is 33.5 Å². The maximum absolute atomic E-state index is 14.9. The first-order valence-corrected chi connectivity index (χ1v) is 15.9. The van der Waals surface area contributed by atoms with Crippen LogP contribution in [0, 0.1) is 19.7 Å². The molecule has 1 aromatic heterocycles. The van der Waals surface area contributed by atoms with Gasteiger partial charge >= 0.3 is 5.97 Å². The highest BCUT2D eigenvalue weighted by Gasteiger charge is 2.30. The Labute approximate surface area is 268 Å². The van der Waals surface area contributed by atoms with Gasteiger partial charge in [0.05, 0.1) is 21.7 Å². The minimum atomic E-state index is -4.46. The van der Waals surface area contributed by atoms with E-state index < -0.39 is 28.2 Å². The van der Waals surface area contributed by atoms with Gasteiger partial charge in [0, 0.05) is 32.7 Å². The van der Waals surface area contributed by atoms with E-state index in [1.54, 1.807) is 30.3 Å². The zero-order valence-electron chi connectivity index (χ0n) is 24.4. The van der Waals surface area contributed by atoms with Gasteiger partial charge in [-0.3, -0.25) is 0 Å². The van der Waals surface area contributed by atoms with Gasteiger partial charge < -0.3 is 5.11 Å². The van der Waals surface area contributed by atoms with Crippen LogP contribution in [0.3, 0.4) is 0 Å². The van der Waals surface area contributed by atoms with Crippen LogP contribution in [0.25, 0.3) is 44.4 Å². The molecule has 0 spiro atoms. The van der Waals surface area contributed by atoms with Crippen LogP contribution in [-0.2, 0) is 10.0 Å². The van der Waals surface area contributed by atoms with Gasteiger partial charge in [-0.05, 0) is 84.6 Å². The molecule has 6 aromatic rings. The van der Waals surface area contributed by atoms with Crippen molar-refractivity contribution in [2.75, 3.05) is 0 Å². The molecule has 46 heavy (non-hydrogen) atoms. The van der Waals surface area contributed by atoms with E-state index in [1.807, 2.05) is 32.0 Å². The molecule has 6 rings (SSSR count). The molecule has 0 radical (unpaired) electrons. The molecule has 0 aliphatic heterocycles. The highest BCUT2D eigenvalue weighted by Crippen LogP contribution is 2.46. The summed E-state index contributed by atoms with van der Waals surface area (Å²) in [6.07, 6.45) is -2.78. The lowest BCUT2D eigenvalue weighted by molar-refractivity contribution is 0.0697. The monoisotopic (exact) mass is 659 g/mol. The van der Waals surface area contributed by atoms with Crippen molar-refractivity contribution in [3.63, 3.8) is 0 Å². The van der Waals surface area contributed by atoms with E-state index >= 15 is 0 Å². The van der Waals surface area contributed by atoms with E-state index in [9.17, 15) is 31.5 Å². The third kappa shape index (κ3) is 5.35. The standard InChI is InChI=1S/C36H25ClF3NO4S/c1-20-5-3-6-21(2)32(20)33-29-19-26(38)12-16-31(29)41(46(44,45)27-13-9-22(10-14-27)35(39)40)34(33)24-8-4-7-23(17-24)28-15-11-25(36(42)43)18-30(28)37/h3-19,35H,1-2H3,(H,42,43). The molecular weight excluding hydrogens is 635 g/mol. The minimum Gasteiger partial charge on any atom is -0.478 e. The first-order chi connectivity index (χ1) is 21.9. The predicted molar refractivity (Wildman–Crippen MR) is 174 cm³/mol. The molecule has 0 bridgehead atoms. The molecule has 0 atom stereocenters. The zero-order valence-corrected chi connectivity index (χ0v) is 26.0. The third-order valence-electron chi connectivity index (χ3n) is 7.95. The maximum atomic E-state index is 14.9. The van der Waals surface area contributed by atoms with Gasteiger partial charge in [-0.1, -0.05) is 66.2 Å². The number of alkyl halides is 2. The topological polar surface area (TPSA) is 76.4 Å². The molecule has 1 N–H and O–H groups in total. The number of hydrogen-bond donors (Lipinski definition) is 1. The lowest BCUT2D eigenvalue weighted by Gasteiger charge is -2.17. The third-order valence-corrected chi connectivity index (χ3v) is 9.99. The molecule has 0 saturated heterocycles. The van der Waals surface area contributed by atoms with Crippen LogP contribution < -0.4 is 0 Å². The van der Waals surface area contributed by atoms with Crippen LogP contribution in [0.5, 0.6) is 0 Å². The van der Waals surface area contributed by atoms with Gasteiger partial charge in [0.25, 0.3) is 16.4 Å². The maximum Gasteiger partial charge on any atom is 0.335 e. The Balaban J connectivity index is 1.72. The van der Waals surface area contributed by atoms with E-state index in [-0.39, 0.29) is 32.3 Å². The van der Waals surface area contributed by atoms with Crippen molar-refractivity contribution in [2.45, 2.75) is 25.2 Å². The van der Waals surface area contributed by atoms with Crippen LogP contribution >= 0.6 is 11.6 Å². The number of nitrogens with zero attached hydrogens (tertiary/aromatic N) is 1. The number of aryl methyl sites for hydroxylation is 2. The highest BCUT2D eigenvalue weighted by molar-refractivity contribution is 7.90. The van der Waals surface area contributed by atoms with Crippen molar-refractivity contribution in [1.82, 2.24) is 3.97 Å². The summed E-state index contributed by atoms with van der Waals surface area (Å²) in [6, 6.07) is 25.1. The highest BCUT2D eigenvalue weighted by atomic mass is 35.5. The second-order valence-electron chi connectivity index (χ2n) is 10.9. The van der Waals surface area contributed by atoms with Crippen molar-refractivity contribution >= 4 is 38.5 Å². The number of fused-ring (bicyclic) bond motifs is 1. The Bertz CT molecular complexity index is 2260. The first kappa shape index (κ1) is 31.1. The fraction of sp³-hybridized carbons (Fsp3) is 0.0833. The Kier molecular flexibility index (Phi) is 8.00. The lowest BCUT2D eigenvalue weighted by Crippen LogP contribution is -2.14. The molecule has 0 amide bonds. The van der Waals surface area contributed by atoms with Crippen LogP contribution in [0.2, 0.25) is 5.02 Å². The zero-order chi connectivity index (χ0) is 32.9. The summed E-state index contributed by atoms with van der Waals surface area (Å²) in [6.45, 7) is 3.76. The molecule has 5 aromatic carbocycles. The van der Waals surface area contributed by atoms with Gasteiger partial charge in [-0.2, -0.15) is 0 Å². The summed E-state index contributed by atoms with van der Waals surface area (Å²) >= 11 is 6.52. The number of carbonyl (C=O) groups is 1. The second-order valence-corrected chi connectivity index (χ2v) is 13.1. The number of rotatable bonds is 7. The van der Waals surface area contributed by atoms with Gasteiger partial charge in [0.1, 0.15) is 5.82 Å². The fourth-order valence-electron chi connectivity index (χ4n) is 5.82. The fourth-order valence-corrected chi connectivity index (χ4v) is 7.65. The lowest BCUT2D eigenvalue weighted by atomic mass is 9.91. The summed E-state index contributed by atoms with van der Waals surface area (Å²) in [7, 11) is -4.46. The van der Waals surface area contributed by atoms with E-state index in [4.69, 9.17) is 11.6 Å². The van der Waals surface area contributed by atoms with E-state index in [0.717, 1.165) is 39.4 Å². The molecule has 0 fully saturated rings. The predicted octanol–water partition coefficient (Wildman–Crippen LogP) is 9.92. The summed E-state index contributed by atoms with van der Waals surface area (Å²) in [5, 5.41) is 9.92. The van der Waals surface area contributed by atoms with Gasteiger partial charge in [-0.15, -0.1) is 0 Å². The number of halogens is 4. The number of carboxylic acid groups (broad SMARTS) is 1.